The van der Waals surface area contributed by atoms with Crippen LogP contribution in [0, 0.1) is 5.92 Å². The molecule has 0 saturated carbocycles. The average molecular weight is 303 g/mol. The number of nitrogens with zero attached hydrogens (tertiary/aromatic N) is 2. The van der Waals surface area contributed by atoms with Crippen LogP contribution in [0.2, 0.25) is 0 Å². The molecule has 0 radical (unpaired) electrons. The summed E-state index contributed by atoms with van der Waals surface area (Å²) in [6, 6.07) is -0.392. The highest BCUT2D eigenvalue weighted by Crippen LogP contribution is 2.26. The molecule has 2 fully saturated rings. The van der Waals surface area contributed by atoms with Crippen molar-refractivity contribution in [3.63, 3.8) is 0 Å². The molecule has 0 bridgehead atoms. The van der Waals surface area contributed by atoms with E-state index in [-0.39, 0.29) is 11.8 Å². The zero-order valence-corrected chi connectivity index (χ0v) is 12.9. The van der Waals surface area contributed by atoms with Crippen molar-refractivity contribution in [1.82, 2.24) is 14.5 Å². The molecule has 8 heteroatoms. The van der Waals surface area contributed by atoms with Gasteiger partial charge in [-0.3, -0.25) is 10.1 Å². The van der Waals surface area contributed by atoms with E-state index in [0.29, 0.717) is 19.6 Å². The van der Waals surface area contributed by atoms with E-state index < -0.39 is 21.6 Å². The molecule has 2 rings (SSSR count). The first-order valence-corrected chi connectivity index (χ1v) is 8.55. The highest BCUT2D eigenvalue weighted by molar-refractivity contribution is 7.88. The zero-order valence-electron chi connectivity index (χ0n) is 12.0. The van der Waals surface area contributed by atoms with Gasteiger partial charge in [-0.1, -0.05) is 0 Å². The monoisotopic (exact) mass is 303 g/mol. The summed E-state index contributed by atoms with van der Waals surface area (Å²) < 4.78 is 24.6. The van der Waals surface area contributed by atoms with E-state index in [1.807, 2.05) is 0 Å². The van der Waals surface area contributed by atoms with Crippen LogP contribution in [0.5, 0.6) is 0 Å². The highest BCUT2D eigenvalue weighted by Gasteiger charge is 2.46. The van der Waals surface area contributed by atoms with Crippen molar-refractivity contribution in [3.05, 3.63) is 0 Å². The van der Waals surface area contributed by atoms with Gasteiger partial charge in [0.25, 0.3) is 5.91 Å². The molecular weight excluding hydrogens is 282 g/mol. The van der Waals surface area contributed by atoms with Gasteiger partial charge in [0.15, 0.2) is 0 Å². The molecule has 0 aromatic heterocycles. The third-order valence-electron chi connectivity index (χ3n) is 4.09. The minimum Gasteiger partial charge on any atom is -0.310 e. The molecule has 2 heterocycles. The van der Waals surface area contributed by atoms with Gasteiger partial charge in [-0.2, -0.15) is 0 Å². The normalized spacial score (nSPS) is 27.8. The summed E-state index contributed by atoms with van der Waals surface area (Å²) in [5.74, 6) is -0.243. The Labute approximate surface area is 119 Å². The number of nitrogens with one attached hydrogen (secondary N) is 1. The lowest BCUT2D eigenvalue weighted by Gasteiger charge is -2.36. The predicted octanol–water partition coefficient (Wildman–Crippen LogP) is -0.0116. The Bertz CT molecular complexity index is 529. The second kappa shape index (κ2) is 5.00. The van der Waals surface area contributed by atoms with Gasteiger partial charge in [0.1, 0.15) is 5.54 Å². The van der Waals surface area contributed by atoms with Crippen molar-refractivity contribution in [2.24, 2.45) is 5.92 Å². The number of carbonyl (C=O) groups is 2. The predicted molar refractivity (Wildman–Crippen MR) is 73.5 cm³/mol. The SMILES string of the molecule is CC1(C)C(=O)NC(=O)N1CC1CCCN(S(C)(=O)=O)C1. The van der Waals surface area contributed by atoms with E-state index in [2.05, 4.69) is 5.32 Å². The second-order valence-corrected chi connectivity index (χ2v) is 8.04. The molecule has 0 aliphatic carbocycles. The lowest BCUT2D eigenvalue weighted by atomic mass is 9.96. The van der Waals surface area contributed by atoms with Crippen LogP contribution >= 0.6 is 0 Å². The van der Waals surface area contributed by atoms with E-state index in [4.69, 9.17) is 0 Å². The lowest BCUT2D eigenvalue weighted by molar-refractivity contribution is -0.125. The summed E-state index contributed by atoms with van der Waals surface area (Å²) in [5, 5.41) is 2.30. The molecular formula is C12H21N3O4S. The van der Waals surface area contributed by atoms with E-state index >= 15 is 0 Å². The van der Waals surface area contributed by atoms with Crippen LogP contribution in [0.15, 0.2) is 0 Å². The molecule has 1 N–H and O–H groups in total. The minimum atomic E-state index is -3.20. The standard InChI is InChI=1S/C12H21N3O4S/c1-12(2)10(16)13-11(17)15(12)8-9-5-4-6-14(7-9)20(3,18)19/h9H,4-8H2,1-3H3,(H,13,16,17). The van der Waals surface area contributed by atoms with Crippen LogP contribution in [-0.2, 0) is 14.8 Å². The van der Waals surface area contributed by atoms with Gasteiger partial charge in [0.05, 0.1) is 6.26 Å². The summed E-state index contributed by atoms with van der Waals surface area (Å²) in [6.45, 7) is 4.74. The first kappa shape index (κ1) is 15.2. The van der Waals surface area contributed by atoms with Crippen LogP contribution in [0.1, 0.15) is 26.7 Å². The zero-order chi connectivity index (χ0) is 15.1. The van der Waals surface area contributed by atoms with Gasteiger partial charge in [-0.05, 0) is 32.6 Å². The molecule has 0 spiro atoms. The third-order valence-corrected chi connectivity index (χ3v) is 5.36. The molecule has 2 aliphatic rings. The maximum Gasteiger partial charge on any atom is 0.325 e. The van der Waals surface area contributed by atoms with Gasteiger partial charge in [-0.25, -0.2) is 17.5 Å². The Kier molecular flexibility index (Phi) is 3.81. The first-order chi connectivity index (χ1) is 9.12. The number of hydrogen-bond acceptors (Lipinski definition) is 4. The van der Waals surface area contributed by atoms with Crippen LogP contribution < -0.4 is 5.32 Å². The third kappa shape index (κ3) is 2.80. The van der Waals surface area contributed by atoms with Crippen molar-refractivity contribution >= 4 is 22.0 Å². The quantitative estimate of drug-likeness (QED) is 0.743. The maximum absolute atomic E-state index is 11.8. The van der Waals surface area contributed by atoms with E-state index in [1.165, 1.54) is 15.5 Å². The highest BCUT2D eigenvalue weighted by atomic mass is 32.2. The molecule has 114 valence electrons. The van der Waals surface area contributed by atoms with E-state index in [0.717, 1.165) is 12.8 Å². The number of carbonyl (C=O) groups excluding carboxylic acids is 2. The number of hydrogen-bond donors (Lipinski definition) is 1. The fourth-order valence-corrected chi connectivity index (χ4v) is 3.68. The Balaban J connectivity index is 2.07. The Morgan fingerprint density at radius 3 is 2.50 bits per heavy atom. The van der Waals surface area contributed by atoms with Crippen molar-refractivity contribution in [2.45, 2.75) is 32.2 Å². The number of sulfonamides is 1. The number of imide groups is 1. The van der Waals surface area contributed by atoms with Crippen molar-refractivity contribution in [1.29, 1.82) is 0 Å². The number of piperidine rings is 1. The molecule has 1 unspecified atom stereocenters. The van der Waals surface area contributed by atoms with Crippen LogP contribution in [0.25, 0.3) is 0 Å². The van der Waals surface area contributed by atoms with Gasteiger partial charge in [0, 0.05) is 19.6 Å². The van der Waals surface area contributed by atoms with Gasteiger partial charge < -0.3 is 4.90 Å². The van der Waals surface area contributed by atoms with Crippen LogP contribution in [0.4, 0.5) is 4.79 Å². The lowest BCUT2D eigenvalue weighted by Crippen LogP contribution is -2.49. The summed E-state index contributed by atoms with van der Waals surface area (Å²) in [7, 11) is -3.20. The molecule has 0 aromatic rings. The molecule has 3 amide bonds. The van der Waals surface area contributed by atoms with Crippen molar-refractivity contribution < 1.29 is 18.0 Å². The van der Waals surface area contributed by atoms with Crippen LogP contribution in [-0.4, -0.2) is 61.0 Å². The molecule has 0 aromatic carbocycles. The summed E-state index contributed by atoms with van der Waals surface area (Å²) >= 11 is 0. The smallest absolute Gasteiger partial charge is 0.310 e. The molecule has 7 nitrogen and oxygen atoms in total. The topological polar surface area (TPSA) is 86.8 Å². The van der Waals surface area contributed by atoms with Gasteiger partial charge in [0.2, 0.25) is 10.0 Å². The largest absolute Gasteiger partial charge is 0.325 e. The Hall–Kier alpha value is -1.15. The summed E-state index contributed by atoms with van der Waals surface area (Å²) in [4.78, 5) is 25.0. The van der Waals surface area contributed by atoms with Crippen molar-refractivity contribution in [2.75, 3.05) is 25.9 Å². The maximum atomic E-state index is 11.8. The number of urea groups is 1. The molecule has 20 heavy (non-hydrogen) atoms. The number of rotatable bonds is 3. The molecule has 2 aliphatic heterocycles. The van der Waals surface area contributed by atoms with Gasteiger partial charge in [-0.15, -0.1) is 0 Å². The number of amides is 3. The first-order valence-electron chi connectivity index (χ1n) is 6.70. The second-order valence-electron chi connectivity index (χ2n) is 6.06. The Morgan fingerprint density at radius 2 is 2.00 bits per heavy atom. The van der Waals surface area contributed by atoms with E-state index in [9.17, 15) is 18.0 Å². The minimum absolute atomic E-state index is 0.0643. The van der Waals surface area contributed by atoms with E-state index in [1.54, 1.807) is 13.8 Å². The fraction of sp³-hybridized carbons (Fsp3) is 0.833. The molecule has 2 saturated heterocycles. The van der Waals surface area contributed by atoms with Crippen molar-refractivity contribution in [3.8, 4) is 0 Å². The summed E-state index contributed by atoms with van der Waals surface area (Å²) in [5.41, 5.74) is -0.871. The fourth-order valence-electron chi connectivity index (χ4n) is 2.74. The average Bonchev–Trinajstić information content (AvgIpc) is 2.52. The Morgan fingerprint density at radius 1 is 1.35 bits per heavy atom. The van der Waals surface area contributed by atoms with Gasteiger partial charge >= 0.3 is 6.03 Å². The summed E-state index contributed by atoms with van der Waals surface area (Å²) in [6.07, 6.45) is 2.84. The molecule has 1 atom stereocenters. The van der Waals surface area contributed by atoms with Crippen LogP contribution in [0.3, 0.4) is 0 Å².